The van der Waals surface area contributed by atoms with Crippen LogP contribution in [-0.2, 0) is 14.4 Å². The highest BCUT2D eigenvalue weighted by molar-refractivity contribution is 5.75. The average Bonchev–Trinajstić information content (AvgIpc) is 1.96. The van der Waals surface area contributed by atoms with E-state index < -0.39 is 24.4 Å². The lowest BCUT2D eigenvalue weighted by Crippen LogP contribution is -2.45. The van der Waals surface area contributed by atoms with Crippen LogP contribution < -0.4 is 15.5 Å². The van der Waals surface area contributed by atoms with E-state index in [1.54, 1.807) is 0 Å². The molecule has 0 aromatic rings. The number of rotatable bonds is 6. The highest BCUT2D eigenvalue weighted by Gasteiger charge is 2.07. The van der Waals surface area contributed by atoms with Crippen LogP contribution in [0.5, 0.6) is 0 Å². The summed E-state index contributed by atoms with van der Waals surface area (Å²) in [5.74, 6) is -2.88. The first-order chi connectivity index (χ1) is 5.57. The Kier molecular flexibility index (Phi) is 4.43. The fraction of sp³-hybridized carbons (Fsp3) is 0.500. The van der Waals surface area contributed by atoms with Crippen molar-refractivity contribution in [2.75, 3.05) is 0 Å². The first-order valence-corrected chi connectivity index (χ1v) is 3.18. The molecule has 0 saturated heterocycles. The van der Waals surface area contributed by atoms with Gasteiger partial charge in [0, 0.05) is 5.97 Å². The van der Waals surface area contributed by atoms with Gasteiger partial charge in [-0.2, -0.15) is 0 Å². The summed E-state index contributed by atoms with van der Waals surface area (Å²) in [7, 11) is 0. The topological polar surface area (TPSA) is 109 Å². The summed E-state index contributed by atoms with van der Waals surface area (Å²) >= 11 is 0. The maximum Gasteiger partial charge on any atom is 0.207 e. The van der Waals surface area contributed by atoms with Gasteiger partial charge >= 0.3 is 0 Å². The van der Waals surface area contributed by atoms with E-state index in [1.807, 2.05) is 5.32 Å². The van der Waals surface area contributed by atoms with Gasteiger partial charge in [0.15, 0.2) is 0 Å². The fourth-order valence-electron chi connectivity index (χ4n) is 0.614. The molecule has 0 heterocycles. The van der Waals surface area contributed by atoms with Crippen molar-refractivity contribution in [2.45, 2.75) is 18.9 Å². The molecule has 0 radical (unpaired) electrons. The molecule has 0 aromatic carbocycles. The highest BCUT2D eigenvalue weighted by atomic mass is 16.4. The summed E-state index contributed by atoms with van der Waals surface area (Å²) in [6, 6.07) is -1.26. The molecular formula is C6H7NO5-2. The van der Waals surface area contributed by atoms with Crippen molar-refractivity contribution in [3.63, 3.8) is 0 Å². The Hall–Kier alpha value is -1.59. The maximum absolute atomic E-state index is 10.2. The van der Waals surface area contributed by atoms with Crippen molar-refractivity contribution >= 4 is 18.3 Å². The number of carbonyl (C=O) groups is 3. The second-order valence-corrected chi connectivity index (χ2v) is 2.07. The van der Waals surface area contributed by atoms with E-state index in [2.05, 4.69) is 0 Å². The molecule has 1 amide bonds. The first-order valence-electron chi connectivity index (χ1n) is 3.18. The summed E-state index contributed by atoms with van der Waals surface area (Å²) in [6.07, 6.45) is -0.487. The van der Waals surface area contributed by atoms with Crippen molar-refractivity contribution in [1.82, 2.24) is 5.32 Å². The Morgan fingerprint density at radius 2 is 2.00 bits per heavy atom. The van der Waals surface area contributed by atoms with Crippen molar-refractivity contribution in [1.29, 1.82) is 0 Å². The third kappa shape index (κ3) is 4.26. The van der Waals surface area contributed by atoms with Gasteiger partial charge in [0.1, 0.15) is 0 Å². The molecule has 0 aliphatic carbocycles. The molecule has 1 N–H and O–H groups in total. The lowest BCUT2D eigenvalue weighted by atomic mass is 10.1. The van der Waals surface area contributed by atoms with E-state index in [4.69, 9.17) is 0 Å². The normalized spacial score (nSPS) is 11.7. The molecule has 6 heteroatoms. The summed E-state index contributed by atoms with van der Waals surface area (Å²) in [5, 5.41) is 21.9. The minimum atomic E-state index is -1.51. The Morgan fingerprint density at radius 1 is 1.42 bits per heavy atom. The number of hydrogen-bond donors (Lipinski definition) is 1. The molecule has 0 bridgehead atoms. The second-order valence-electron chi connectivity index (χ2n) is 2.07. The molecule has 0 aliphatic heterocycles. The molecule has 0 spiro atoms. The van der Waals surface area contributed by atoms with Crippen LogP contribution in [0.3, 0.4) is 0 Å². The van der Waals surface area contributed by atoms with Crippen LogP contribution in [-0.4, -0.2) is 24.4 Å². The van der Waals surface area contributed by atoms with Gasteiger partial charge in [0.05, 0.1) is 12.0 Å². The SMILES string of the molecule is O=CNC(CCC(=O)[O-])C(=O)[O-]. The second kappa shape index (κ2) is 5.11. The summed E-state index contributed by atoms with van der Waals surface area (Å²) in [6.45, 7) is 0. The zero-order valence-electron chi connectivity index (χ0n) is 6.11. The minimum absolute atomic E-state index is 0.176. The van der Waals surface area contributed by atoms with Crippen molar-refractivity contribution in [3.8, 4) is 0 Å². The van der Waals surface area contributed by atoms with Gasteiger partial charge in [-0.05, 0) is 12.8 Å². The predicted molar refractivity (Wildman–Crippen MR) is 32.2 cm³/mol. The third-order valence-electron chi connectivity index (χ3n) is 1.19. The summed E-state index contributed by atoms with van der Waals surface area (Å²) < 4.78 is 0. The molecule has 0 fully saturated rings. The van der Waals surface area contributed by atoms with Crippen molar-refractivity contribution in [2.24, 2.45) is 0 Å². The zero-order chi connectivity index (χ0) is 9.56. The standard InChI is InChI=1S/C6H9NO5/c8-3-7-4(6(11)12)1-2-5(9)10/h3-4H,1-2H2,(H,7,8)(H,9,10)(H,11,12)/p-2. The van der Waals surface area contributed by atoms with Gasteiger partial charge in [-0.25, -0.2) is 0 Å². The van der Waals surface area contributed by atoms with Gasteiger partial charge in [-0.1, -0.05) is 0 Å². The van der Waals surface area contributed by atoms with Crippen LogP contribution in [0.1, 0.15) is 12.8 Å². The number of carbonyl (C=O) groups excluding carboxylic acids is 3. The van der Waals surface area contributed by atoms with Crippen LogP contribution >= 0.6 is 0 Å². The van der Waals surface area contributed by atoms with E-state index in [0.717, 1.165) is 0 Å². The number of nitrogens with one attached hydrogen (secondary N) is 1. The van der Waals surface area contributed by atoms with Crippen LogP contribution in [0.4, 0.5) is 0 Å². The van der Waals surface area contributed by atoms with Crippen LogP contribution in [0.2, 0.25) is 0 Å². The zero-order valence-corrected chi connectivity index (χ0v) is 6.11. The largest absolute Gasteiger partial charge is 0.550 e. The predicted octanol–water partition coefficient (Wildman–Crippen LogP) is -3.62. The maximum atomic E-state index is 10.2. The number of amides is 1. The third-order valence-corrected chi connectivity index (χ3v) is 1.19. The van der Waals surface area contributed by atoms with Gasteiger partial charge in [0.2, 0.25) is 6.41 Å². The van der Waals surface area contributed by atoms with E-state index in [0.29, 0.717) is 0 Å². The van der Waals surface area contributed by atoms with Crippen LogP contribution in [0.15, 0.2) is 0 Å². The summed E-state index contributed by atoms with van der Waals surface area (Å²) in [5.41, 5.74) is 0. The molecule has 1 unspecified atom stereocenters. The van der Waals surface area contributed by atoms with Gasteiger partial charge in [-0.15, -0.1) is 0 Å². The molecule has 0 aliphatic rings. The monoisotopic (exact) mass is 173 g/mol. The number of carboxylic acid groups (broad SMARTS) is 2. The number of aliphatic carboxylic acids is 2. The first kappa shape index (κ1) is 10.4. The molecule has 68 valence electrons. The van der Waals surface area contributed by atoms with Crippen LogP contribution in [0.25, 0.3) is 0 Å². The Labute approximate surface area is 68.2 Å². The molecule has 0 aromatic heterocycles. The van der Waals surface area contributed by atoms with Gasteiger partial charge < -0.3 is 25.1 Å². The van der Waals surface area contributed by atoms with Gasteiger partial charge in [0.25, 0.3) is 0 Å². The molecule has 1 atom stereocenters. The average molecular weight is 173 g/mol. The lowest BCUT2D eigenvalue weighted by Gasteiger charge is -2.16. The molecule has 0 rings (SSSR count). The van der Waals surface area contributed by atoms with E-state index in [1.165, 1.54) is 0 Å². The van der Waals surface area contributed by atoms with Crippen molar-refractivity contribution < 1.29 is 24.6 Å². The Morgan fingerprint density at radius 3 is 2.33 bits per heavy atom. The number of carboxylic acids is 2. The van der Waals surface area contributed by atoms with Crippen molar-refractivity contribution in [3.05, 3.63) is 0 Å². The highest BCUT2D eigenvalue weighted by Crippen LogP contribution is 1.93. The molecule has 6 nitrogen and oxygen atoms in total. The van der Waals surface area contributed by atoms with E-state index in [9.17, 15) is 24.6 Å². The van der Waals surface area contributed by atoms with Crippen LogP contribution in [0, 0.1) is 0 Å². The minimum Gasteiger partial charge on any atom is -0.550 e. The summed E-state index contributed by atoms with van der Waals surface area (Å²) in [4.78, 5) is 29.8. The smallest absolute Gasteiger partial charge is 0.207 e. The number of hydrogen-bond acceptors (Lipinski definition) is 5. The van der Waals surface area contributed by atoms with E-state index >= 15 is 0 Å². The Bertz CT molecular complexity index is 190. The molecule has 12 heavy (non-hydrogen) atoms. The van der Waals surface area contributed by atoms with Gasteiger partial charge in [-0.3, -0.25) is 4.79 Å². The quantitative estimate of drug-likeness (QED) is 0.417. The molecule has 0 saturated carbocycles. The lowest BCUT2D eigenvalue weighted by molar-refractivity contribution is -0.310. The Balaban J connectivity index is 3.86. The van der Waals surface area contributed by atoms with E-state index in [-0.39, 0.29) is 12.8 Å². The molecular weight excluding hydrogens is 166 g/mol. The fourth-order valence-corrected chi connectivity index (χ4v) is 0.614.